The molecule has 7 heteroatoms. The fourth-order valence-electron chi connectivity index (χ4n) is 2.09. The molecule has 1 aromatic rings. The van der Waals surface area contributed by atoms with Gasteiger partial charge in [0.2, 0.25) is 0 Å². The molecule has 1 unspecified atom stereocenters. The Bertz CT molecular complexity index is 545. The third-order valence-corrected chi connectivity index (χ3v) is 3.45. The molecule has 1 atom stereocenters. The summed E-state index contributed by atoms with van der Waals surface area (Å²) in [6, 6.07) is 3.95. The topological polar surface area (TPSA) is 83.7 Å². The predicted octanol–water partition coefficient (Wildman–Crippen LogP) is 1.85. The van der Waals surface area contributed by atoms with Crippen molar-refractivity contribution >= 4 is 23.2 Å². The van der Waals surface area contributed by atoms with Gasteiger partial charge < -0.3 is 10.0 Å². The summed E-state index contributed by atoms with van der Waals surface area (Å²) in [7, 11) is 0. The largest absolute Gasteiger partial charge is 0.388 e. The molecule has 1 saturated heterocycles. The van der Waals surface area contributed by atoms with Crippen molar-refractivity contribution < 1.29 is 14.8 Å². The van der Waals surface area contributed by atoms with E-state index in [9.17, 15) is 20.0 Å². The molecule has 0 aliphatic carbocycles. The van der Waals surface area contributed by atoms with Gasteiger partial charge >= 0.3 is 0 Å². The molecule has 1 heterocycles. The van der Waals surface area contributed by atoms with E-state index >= 15 is 0 Å². The van der Waals surface area contributed by atoms with Crippen molar-refractivity contribution in [3.05, 3.63) is 38.9 Å². The molecular weight excluding hydrogens is 272 g/mol. The van der Waals surface area contributed by atoms with Crippen LogP contribution in [0.25, 0.3) is 0 Å². The number of rotatable bonds is 2. The molecule has 0 radical (unpaired) electrons. The van der Waals surface area contributed by atoms with Crippen LogP contribution in [-0.2, 0) is 0 Å². The molecule has 0 bridgehead atoms. The van der Waals surface area contributed by atoms with Crippen LogP contribution < -0.4 is 0 Å². The third kappa shape index (κ3) is 2.85. The monoisotopic (exact) mass is 284 g/mol. The van der Waals surface area contributed by atoms with Gasteiger partial charge in [0.15, 0.2) is 0 Å². The lowest BCUT2D eigenvalue weighted by molar-refractivity contribution is -0.384. The maximum absolute atomic E-state index is 12.2. The molecule has 1 aliphatic heterocycles. The lowest BCUT2D eigenvalue weighted by Gasteiger charge is -2.19. The number of aliphatic hydroxyl groups is 1. The van der Waals surface area contributed by atoms with Crippen molar-refractivity contribution in [2.24, 2.45) is 0 Å². The van der Waals surface area contributed by atoms with Crippen molar-refractivity contribution in [1.29, 1.82) is 0 Å². The van der Waals surface area contributed by atoms with Crippen molar-refractivity contribution in [2.45, 2.75) is 18.9 Å². The SMILES string of the molecule is CC1(O)CCN(C(=O)c2ccc(Cl)c([N+](=O)[O-])c2)C1. The number of likely N-dealkylation sites (tertiary alicyclic amines) is 1. The maximum atomic E-state index is 12.2. The summed E-state index contributed by atoms with van der Waals surface area (Å²) in [6.45, 7) is 2.31. The Morgan fingerprint density at radius 1 is 1.58 bits per heavy atom. The molecular formula is C12H13ClN2O4. The molecule has 0 saturated carbocycles. The van der Waals surface area contributed by atoms with Crippen LogP contribution >= 0.6 is 11.6 Å². The average molecular weight is 285 g/mol. The molecule has 19 heavy (non-hydrogen) atoms. The van der Waals surface area contributed by atoms with E-state index in [2.05, 4.69) is 0 Å². The first kappa shape index (κ1) is 13.8. The Kier molecular flexibility index (Phi) is 3.47. The normalized spacial score (nSPS) is 22.6. The molecule has 1 N–H and O–H groups in total. The molecule has 2 rings (SSSR count). The maximum Gasteiger partial charge on any atom is 0.288 e. The number of carbonyl (C=O) groups is 1. The van der Waals surface area contributed by atoms with Gasteiger partial charge in [-0.1, -0.05) is 11.6 Å². The smallest absolute Gasteiger partial charge is 0.288 e. The second-order valence-electron chi connectivity index (χ2n) is 4.90. The first-order valence-corrected chi connectivity index (χ1v) is 6.13. The standard InChI is InChI=1S/C12H13ClN2O4/c1-12(17)4-5-14(7-12)11(16)8-2-3-9(13)10(6-8)15(18)19/h2-3,6,17H,4-5,7H2,1H3. The number of carbonyl (C=O) groups excluding carboxylic acids is 1. The Hall–Kier alpha value is -1.66. The number of amides is 1. The van der Waals surface area contributed by atoms with Crippen molar-refractivity contribution in [1.82, 2.24) is 4.90 Å². The molecule has 1 amide bonds. The molecule has 1 aliphatic rings. The van der Waals surface area contributed by atoms with E-state index in [0.29, 0.717) is 13.0 Å². The summed E-state index contributed by atoms with van der Waals surface area (Å²) < 4.78 is 0. The molecule has 1 fully saturated rings. The second kappa shape index (κ2) is 4.79. The van der Waals surface area contributed by atoms with Crippen LogP contribution in [0.15, 0.2) is 18.2 Å². The van der Waals surface area contributed by atoms with Gasteiger partial charge in [0, 0.05) is 24.7 Å². The summed E-state index contributed by atoms with van der Waals surface area (Å²) in [6.07, 6.45) is 0.494. The Morgan fingerprint density at radius 2 is 2.26 bits per heavy atom. The highest BCUT2D eigenvalue weighted by molar-refractivity contribution is 6.32. The van der Waals surface area contributed by atoms with E-state index in [1.165, 1.54) is 17.0 Å². The zero-order chi connectivity index (χ0) is 14.2. The highest BCUT2D eigenvalue weighted by Gasteiger charge is 2.34. The Labute approximate surface area is 114 Å². The minimum atomic E-state index is -0.895. The lowest BCUT2D eigenvalue weighted by Crippen LogP contribution is -2.33. The average Bonchev–Trinajstić information content (AvgIpc) is 2.69. The number of nitro groups is 1. The molecule has 1 aromatic carbocycles. The number of hydrogen-bond donors (Lipinski definition) is 1. The van der Waals surface area contributed by atoms with Crippen LogP contribution in [0, 0.1) is 10.1 Å². The summed E-state index contributed by atoms with van der Waals surface area (Å²) in [5.41, 5.74) is -0.985. The number of nitro benzene ring substituents is 1. The van der Waals surface area contributed by atoms with Crippen LogP contribution in [0.5, 0.6) is 0 Å². The molecule has 0 aromatic heterocycles. The summed E-state index contributed by atoms with van der Waals surface area (Å²) in [5.74, 6) is -0.336. The van der Waals surface area contributed by atoms with Crippen LogP contribution in [0.2, 0.25) is 5.02 Å². The number of halogens is 1. The van der Waals surface area contributed by atoms with Gasteiger partial charge in [0.25, 0.3) is 11.6 Å². The van der Waals surface area contributed by atoms with Gasteiger partial charge in [0.05, 0.1) is 10.5 Å². The fraction of sp³-hybridized carbons (Fsp3) is 0.417. The van der Waals surface area contributed by atoms with Gasteiger partial charge in [-0.25, -0.2) is 0 Å². The van der Waals surface area contributed by atoms with Crippen LogP contribution in [0.1, 0.15) is 23.7 Å². The molecule has 102 valence electrons. The zero-order valence-corrected chi connectivity index (χ0v) is 11.1. The van der Waals surface area contributed by atoms with Gasteiger partial charge in [-0.05, 0) is 25.5 Å². The van der Waals surface area contributed by atoms with Gasteiger partial charge in [-0.3, -0.25) is 14.9 Å². The van der Waals surface area contributed by atoms with Gasteiger partial charge in [-0.15, -0.1) is 0 Å². The lowest BCUT2D eigenvalue weighted by atomic mass is 10.1. The van der Waals surface area contributed by atoms with Crippen molar-refractivity contribution in [3.8, 4) is 0 Å². The van der Waals surface area contributed by atoms with Crippen LogP contribution in [-0.4, -0.2) is 39.5 Å². The van der Waals surface area contributed by atoms with Crippen molar-refractivity contribution in [3.63, 3.8) is 0 Å². The zero-order valence-electron chi connectivity index (χ0n) is 10.3. The highest BCUT2D eigenvalue weighted by atomic mass is 35.5. The first-order valence-electron chi connectivity index (χ1n) is 5.76. The number of β-amino-alcohol motifs (C(OH)–C–C–N with tert-alkyl or cyclic N) is 1. The number of hydrogen-bond acceptors (Lipinski definition) is 4. The minimum absolute atomic E-state index is 0.00466. The van der Waals surface area contributed by atoms with E-state index in [1.54, 1.807) is 6.92 Å². The van der Waals surface area contributed by atoms with Crippen molar-refractivity contribution in [2.75, 3.05) is 13.1 Å². The van der Waals surface area contributed by atoms with E-state index in [1.807, 2.05) is 0 Å². The quantitative estimate of drug-likeness (QED) is 0.663. The Morgan fingerprint density at radius 3 is 2.79 bits per heavy atom. The highest BCUT2D eigenvalue weighted by Crippen LogP contribution is 2.27. The summed E-state index contributed by atoms with van der Waals surface area (Å²) in [4.78, 5) is 23.8. The summed E-state index contributed by atoms with van der Waals surface area (Å²) in [5, 5.41) is 20.6. The summed E-state index contributed by atoms with van der Waals surface area (Å²) >= 11 is 5.69. The van der Waals surface area contributed by atoms with Crippen LogP contribution in [0.3, 0.4) is 0 Å². The third-order valence-electron chi connectivity index (χ3n) is 3.13. The van der Waals surface area contributed by atoms with Gasteiger partial charge in [0.1, 0.15) is 5.02 Å². The second-order valence-corrected chi connectivity index (χ2v) is 5.30. The van der Waals surface area contributed by atoms with E-state index in [0.717, 1.165) is 6.07 Å². The Balaban J connectivity index is 2.25. The van der Waals surface area contributed by atoms with E-state index < -0.39 is 10.5 Å². The van der Waals surface area contributed by atoms with Gasteiger partial charge in [-0.2, -0.15) is 0 Å². The number of nitrogens with zero attached hydrogens (tertiary/aromatic N) is 2. The number of benzene rings is 1. The first-order chi connectivity index (χ1) is 8.80. The van der Waals surface area contributed by atoms with E-state index in [4.69, 9.17) is 11.6 Å². The molecule has 6 nitrogen and oxygen atoms in total. The van der Waals surface area contributed by atoms with Crippen LogP contribution in [0.4, 0.5) is 5.69 Å². The fourth-order valence-corrected chi connectivity index (χ4v) is 2.27. The van der Waals surface area contributed by atoms with E-state index in [-0.39, 0.29) is 28.7 Å². The predicted molar refractivity (Wildman–Crippen MR) is 69.3 cm³/mol. The minimum Gasteiger partial charge on any atom is -0.388 e. The molecule has 0 spiro atoms.